The second-order valence-electron chi connectivity index (χ2n) is 8.45. The molecule has 192 valence electrons. The summed E-state index contributed by atoms with van der Waals surface area (Å²) in [7, 11) is 0. The third-order valence-corrected chi connectivity index (χ3v) is 9.22. The Balaban J connectivity index is 1.29. The summed E-state index contributed by atoms with van der Waals surface area (Å²) in [5.41, 5.74) is 1.26. The third-order valence-electron chi connectivity index (χ3n) is 6.00. The monoisotopic (exact) mass is 557 g/mol. The zero-order valence-electron chi connectivity index (χ0n) is 19.7. The van der Waals surface area contributed by atoms with Gasteiger partial charge in [0, 0.05) is 35.1 Å². The first kappa shape index (κ1) is 25.5. The van der Waals surface area contributed by atoms with Crippen LogP contribution in [0.25, 0.3) is 0 Å². The normalized spacial score (nSPS) is 21.3. The number of aliphatic imine (C=N–C) groups is 1. The van der Waals surface area contributed by atoms with Crippen LogP contribution in [0.15, 0.2) is 64.1 Å². The summed E-state index contributed by atoms with van der Waals surface area (Å²) in [5.74, 6) is -1.82. The first-order chi connectivity index (χ1) is 17.8. The fraction of sp³-hybridized carbons (Fsp3) is 0.292. The maximum absolute atomic E-state index is 13.0. The summed E-state index contributed by atoms with van der Waals surface area (Å²) in [6, 6.07) is 12.5. The number of nitrogens with one attached hydrogen (secondary N) is 1. The molecule has 1 aromatic heterocycles. The molecule has 2 N–H and O–H groups in total. The van der Waals surface area contributed by atoms with Gasteiger partial charge in [0.25, 0.3) is 5.91 Å². The number of carbonyl (C=O) groups is 4. The average molecular weight is 558 g/mol. The highest BCUT2D eigenvalue weighted by Crippen LogP contribution is 2.43. The number of carboxylic acid groups (broad SMARTS) is 1. The predicted octanol–water partition coefficient (Wildman–Crippen LogP) is 2.31. The van der Waals surface area contributed by atoms with Crippen molar-refractivity contribution in [2.45, 2.75) is 31.3 Å². The minimum Gasteiger partial charge on any atom is -0.477 e. The number of fused-ring (bicyclic) bond motifs is 1. The van der Waals surface area contributed by atoms with E-state index in [0.717, 1.165) is 10.4 Å². The van der Waals surface area contributed by atoms with Crippen molar-refractivity contribution in [3.63, 3.8) is 0 Å². The lowest BCUT2D eigenvalue weighted by molar-refractivity contribution is -0.150. The van der Waals surface area contributed by atoms with Crippen LogP contribution in [-0.4, -0.2) is 72.0 Å². The van der Waals surface area contributed by atoms with Gasteiger partial charge in [0.05, 0.1) is 13.0 Å². The predicted molar refractivity (Wildman–Crippen MR) is 142 cm³/mol. The lowest BCUT2D eigenvalue weighted by Gasteiger charge is -2.49. The SMILES string of the molecule is CC(=O)N(Cc1ccccc1)N1CN=C(C2=C(C(=O)O)N3C(=O)C(NC(=O)Cc4cccs4)[C@@H]3SC2)S1. The van der Waals surface area contributed by atoms with Crippen LogP contribution in [0.4, 0.5) is 0 Å². The van der Waals surface area contributed by atoms with Gasteiger partial charge in [-0.3, -0.25) is 29.3 Å². The third kappa shape index (κ3) is 5.17. The molecule has 10 nitrogen and oxygen atoms in total. The number of hydrazine groups is 1. The van der Waals surface area contributed by atoms with Crippen molar-refractivity contribution in [2.75, 3.05) is 12.4 Å². The number of rotatable bonds is 8. The zero-order valence-corrected chi connectivity index (χ0v) is 22.1. The van der Waals surface area contributed by atoms with Crippen molar-refractivity contribution in [1.29, 1.82) is 0 Å². The first-order valence-electron chi connectivity index (χ1n) is 11.4. The van der Waals surface area contributed by atoms with E-state index in [1.807, 2.05) is 47.8 Å². The van der Waals surface area contributed by atoms with Crippen LogP contribution < -0.4 is 5.32 Å². The van der Waals surface area contributed by atoms with Crippen molar-refractivity contribution in [2.24, 2.45) is 4.99 Å². The molecule has 1 unspecified atom stereocenters. The Kier molecular flexibility index (Phi) is 7.38. The van der Waals surface area contributed by atoms with Crippen LogP contribution in [0.2, 0.25) is 0 Å². The molecule has 3 aliphatic rings. The standard InChI is InChI=1S/C24H23N5O5S3/c1-14(30)27(11-15-6-3-2-4-7-15)28-13-25-21(37-28)17-12-36-23-19(22(32)29(23)20(17)24(33)34)26-18(31)10-16-8-5-9-35-16/h2-9,19,23H,10-13H2,1H3,(H,26,31)(H,33,34)/t19?,23-/m0/s1. The number of aliphatic carboxylic acids is 1. The summed E-state index contributed by atoms with van der Waals surface area (Å²) < 4.78 is 1.69. The molecule has 37 heavy (non-hydrogen) atoms. The fourth-order valence-corrected chi connectivity index (χ4v) is 7.36. The van der Waals surface area contributed by atoms with Gasteiger partial charge >= 0.3 is 5.97 Å². The minimum absolute atomic E-state index is 0.122. The van der Waals surface area contributed by atoms with E-state index in [9.17, 15) is 24.3 Å². The molecule has 0 spiro atoms. The molecule has 0 aliphatic carbocycles. The Labute approximate surface area is 225 Å². The summed E-state index contributed by atoms with van der Waals surface area (Å²) >= 11 is 4.03. The Morgan fingerprint density at radius 3 is 2.65 bits per heavy atom. The number of amides is 3. The molecule has 0 radical (unpaired) electrons. The fourth-order valence-electron chi connectivity index (χ4n) is 4.24. The van der Waals surface area contributed by atoms with Crippen LogP contribution in [0.1, 0.15) is 17.4 Å². The lowest BCUT2D eigenvalue weighted by atomic mass is 10.0. The molecule has 1 aromatic carbocycles. The number of benzene rings is 1. The topological polar surface area (TPSA) is 123 Å². The van der Waals surface area contributed by atoms with E-state index in [-0.39, 0.29) is 30.6 Å². The van der Waals surface area contributed by atoms with E-state index in [1.54, 1.807) is 9.42 Å². The van der Waals surface area contributed by atoms with Crippen molar-refractivity contribution in [3.05, 3.63) is 69.6 Å². The molecule has 4 heterocycles. The molecule has 1 saturated heterocycles. The molecule has 3 amide bonds. The van der Waals surface area contributed by atoms with Crippen LogP contribution in [-0.2, 0) is 32.1 Å². The molecule has 1 fully saturated rings. The number of hydrogen-bond donors (Lipinski definition) is 2. The first-order valence-corrected chi connectivity index (χ1v) is 14.1. The van der Waals surface area contributed by atoms with Gasteiger partial charge in [-0.05, 0) is 17.0 Å². The van der Waals surface area contributed by atoms with E-state index in [0.29, 0.717) is 22.9 Å². The van der Waals surface area contributed by atoms with Crippen molar-refractivity contribution >= 4 is 63.8 Å². The molecular formula is C24H23N5O5S3. The molecule has 5 rings (SSSR count). The summed E-state index contributed by atoms with van der Waals surface area (Å²) in [4.78, 5) is 56.7. The van der Waals surface area contributed by atoms with Gasteiger partial charge in [0.1, 0.15) is 28.8 Å². The highest BCUT2D eigenvalue weighted by atomic mass is 32.2. The van der Waals surface area contributed by atoms with E-state index in [1.165, 1.54) is 46.9 Å². The van der Waals surface area contributed by atoms with E-state index in [2.05, 4.69) is 10.3 Å². The van der Waals surface area contributed by atoms with Gasteiger partial charge in [0.15, 0.2) is 0 Å². The minimum atomic E-state index is -1.23. The van der Waals surface area contributed by atoms with Gasteiger partial charge in [0.2, 0.25) is 11.8 Å². The number of carboxylic acids is 1. The highest BCUT2D eigenvalue weighted by Gasteiger charge is 2.55. The molecule has 2 atom stereocenters. The Hall–Kier alpha value is -3.13. The lowest BCUT2D eigenvalue weighted by Crippen LogP contribution is -2.70. The van der Waals surface area contributed by atoms with Gasteiger partial charge < -0.3 is 10.4 Å². The smallest absolute Gasteiger partial charge is 0.353 e. The number of hydrogen-bond acceptors (Lipinski definition) is 9. The maximum Gasteiger partial charge on any atom is 0.353 e. The van der Waals surface area contributed by atoms with Gasteiger partial charge in [-0.1, -0.05) is 36.4 Å². The van der Waals surface area contributed by atoms with Crippen molar-refractivity contribution in [1.82, 2.24) is 19.6 Å². The van der Waals surface area contributed by atoms with Crippen molar-refractivity contribution < 1.29 is 24.3 Å². The second-order valence-corrected chi connectivity index (χ2v) is 11.6. The Bertz CT molecular complexity index is 1300. The Morgan fingerprint density at radius 1 is 1.19 bits per heavy atom. The zero-order chi connectivity index (χ0) is 26.1. The molecule has 0 saturated carbocycles. The van der Waals surface area contributed by atoms with E-state index in [4.69, 9.17) is 0 Å². The van der Waals surface area contributed by atoms with Crippen LogP contribution in [0.5, 0.6) is 0 Å². The van der Waals surface area contributed by atoms with Crippen molar-refractivity contribution in [3.8, 4) is 0 Å². The molecule has 0 bridgehead atoms. The number of thiophene rings is 1. The largest absolute Gasteiger partial charge is 0.477 e. The quantitative estimate of drug-likeness (QED) is 0.375. The van der Waals surface area contributed by atoms with E-state index >= 15 is 0 Å². The van der Waals surface area contributed by atoms with Crippen LogP contribution in [0, 0.1) is 0 Å². The molecule has 2 aromatic rings. The van der Waals surface area contributed by atoms with Gasteiger partial charge in [-0.25, -0.2) is 4.79 Å². The number of β-lactam (4-membered cyclic amide) rings is 1. The molecular weight excluding hydrogens is 534 g/mol. The number of carbonyl (C=O) groups excluding carboxylic acids is 3. The van der Waals surface area contributed by atoms with Crippen LogP contribution in [0.3, 0.4) is 0 Å². The summed E-state index contributed by atoms with van der Waals surface area (Å²) in [5, 5.41) is 16.2. The summed E-state index contributed by atoms with van der Waals surface area (Å²) in [6.45, 7) is 1.99. The van der Waals surface area contributed by atoms with Gasteiger partial charge in [-0.2, -0.15) is 0 Å². The average Bonchev–Trinajstić information content (AvgIpc) is 3.58. The highest BCUT2D eigenvalue weighted by molar-refractivity contribution is 8.12. The molecule has 13 heteroatoms. The maximum atomic E-state index is 13.0. The Morgan fingerprint density at radius 2 is 1.97 bits per heavy atom. The van der Waals surface area contributed by atoms with Crippen LogP contribution >= 0.6 is 35.0 Å². The second kappa shape index (κ2) is 10.7. The number of nitrogens with zero attached hydrogens (tertiary/aromatic N) is 4. The van der Waals surface area contributed by atoms with E-state index < -0.39 is 23.3 Å². The van der Waals surface area contributed by atoms with Gasteiger partial charge in [-0.15, -0.1) is 27.5 Å². The molecule has 3 aliphatic heterocycles. The number of thioether (sulfide) groups is 1. The summed E-state index contributed by atoms with van der Waals surface area (Å²) in [6.07, 6.45) is 0.171.